The molecule has 8 heteroatoms. The second-order valence-corrected chi connectivity index (χ2v) is 4.64. The molecule has 19 heavy (non-hydrogen) atoms. The van der Waals surface area contributed by atoms with E-state index in [2.05, 4.69) is 15.1 Å². The molecule has 0 saturated carbocycles. The van der Waals surface area contributed by atoms with Gasteiger partial charge in [-0.15, -0.1) is 0 Å². The molecule has 0 fully saturated rings. The first kappa shape index (κ1) is 12.0. The topological polar surface area (TPSA) is 83.8 Å². The number of hydrogen-bond donors (Lipinski definition) is 2. The van der Waals surface area contributed by atoms with Gasteiger partial charge in [0.1, 0.15) is 0 Å². The first-order valence-electron chi connectivity index (χ1n) is 5.17. The molecular formula is C11H6Cl2N4O2. The molecule has 0 saturated heterocycles. The van der Waals surface area contributed by atoms with Crippen LogP contribution in [0.15, 0.2) is 24.5 Å². The maximum absolute atomic E-state index is 10.8. The number of nitrogens with zero attached hydrogens (tertiary/aromatic N) is 3. The van der Waals surface area contributed by atoms with Crippen molar-refractivity contribution in [1.82, 2.24) is 19.7 Å². The van der Waals surface area contributed by atoms with Crippen molar-refractivity contribution in [2.24, 2.45) is 0 Å². The van der Waals surface area contributed by atoms with Gasteiger partial charge in [-0.05, 0) is 12.1 Å². The van der Waals surface area contributed by atoms with Gasteiger partial charge in [-0.25, -0.2) is 14.5 Å². The third kappa shape index (κ3) is 2.05. The third-order valence-corrected chi connectivity index (χ3v) is 3.28. The lowest BCUT2D eigenvalue weighted by atomic mass is 10.3. The van der Waals surface area contributed by atoms with E-state index in [-0.39, 0.29) is 5.56 Å². The van der Waals surface area contributed by atoms with Crippen molar-refractivity contribution in [3.63, 3.8) is 0 Å². The number of aromatic nitrogens is 4. The third-order valence-electron chi connectivity index (χ3n) is 2.56. The zero-order valence-corrected chi connectivity index (χ0v) is 10.8. The number of hydrogen-bond acceptors (Lipinski definition) is 3. The number of aromatic amines is 1. The smallest absolute Gasteiger partial charge is 0.338 e. The highest BCUT2D eigenvalue weighted by Gasteiger charge is 2.11. The Morgan fingerprint density at radius 2 is 2.05 bits per heavy atom. The van der Waals surface area contributed by atoms with Gasteiger partial charge in [0, 0.05) is 6.20 Å². The lowest BCUT2D eigenvalue weighted by molar-refractivity contribution is 0.0697. The summed E-state index contributed by atoms with van der Waals surface area (Å²) in [7, 11) is 0. The van der Waals surface area contributed by atoms with Crippen LogP contribution in [0.3, 0.4) is 0 Å². The molecule has 1 aromatic carbocycles. The second kappa shape index (κ2) is 4.25. The van der Waals surface area contributed by atoms with Gasteiger partial charge in [-0.2, -0.15) is 5.10 Å². The molecule has 0 aliphatic rings. The van der Waals surface area contributed by atoms with Crippen LogP contribution < -0.4 is 0 Å². The lowest BCUT2D eigenvalue weighted by Gasteiger charge is -1.93. The van der Waals surface area contributed by atoms with Gasteiger partial charge < -0.3 is 10.1 Å². The fraction of sp³-hybridized carbons (Fsp3) is 0. The van der Waals surface area contributed by atoms with Gasteiger partial charge in [-0.1, -0.05) is 23.2 Å². The fourth-order valence-corrected chi connectivity index (χ4v) is 1.97. The van der Waals surface area contributed by atoms with E-state index in [0.717, 1.165) is 0 Å². The Morgan fingerprint density at radius 3 is 2.74 bits per heavy atom. The number of rotatable bonds is 2. The van der Waals surface area contributed by atoms with Crippen molar-refractivity contribution in [3.05, 3.63) is 40.1 Å². The summed E-state index contributed by atoms with van der Waals surface area (Å²) in [5.74, 6) is -0.658. The zero-order valence-electron chi connectivity index (χ0n) is 9.26. The van der Waals surface area contributed by atoms with Crippen LogP contribution in [-0.2, 0) is 0 Å². The second-order valence-electron chi connectivity index (χ2n) is 3.82. The van der Waals surface area contributed by atoms with Crippen LogP contribution in [0.25, 0.3) is 17.0 Å². The average molecular weight is 297 g/mol. The number of benzene rings is 1. The Kier molecular flexibility index (Phi) is 2.69. The van der Waals surface area contributed by atoms with Crippen LogP contribution in [0.4, 0.5) is 0 Å². The molecule has 0 unspecified atom stereocenters. The SMILES string of the molecule is O=C(O)c1cnn(-c2nc3cc(Cl)c(Cl)cc3[nH]2)c1. The molecule has 0 atom stereocenters. The Balaban J connectivity index is 2.12. The normalized spacial score (nSPS) is 11.1. The van der Waals surface area contributed by atoms with Gasteiger partial charge in [0.25, 0.3) is 0 Å². The van der Waals surface area contributed by atoms with Crippen LogP contribution in [0, 0.1) is 0 Å². The average Bonchev–Trinajstić information content (AvgIpc) is 2.95. The summed E-state index contributed by atoms with van der Waals surface area (Å²) in [6.07, 6.45) is 2.61. The summed E-state index contributed by atoms with van der Waals surface area (Å²) in [5.41, 5.74) is 1.39. The number of carbonyl (C=O) groups is 1. The van der Waals surface area contributed by atoms with E-state index in [9.17, 15) is 4.79 Å². The molecule has 3 rings (SSSR count). The number of H-pyrrole nitrogens is 1. The highest BCUT2D eigenvalue weighted by Crippen LogP contribution is 2.27. The number of imidazole rings is 1. The molecule has 96 valence electrons. The van der Waals surface area contributed by atoms with Gasteiger partial charge in [0.2, 0.25) is 5.95 Å². The number of halogens is 2. The summed E-state index contributed by atoms with van der Waals surface area (Å²) in [6.45, 7) is 0. The van der Waals surface area contributed by atoms with E-state index >= 15 is 0 Å². The molecule has 2 N–H and O–H groups in total. The minimum absolute atomic E-state index is 0.0801. The quantitative estimate of drug-likeness (QED) is 0.761. The molecule has 2 aromatic heterocycles. The monoisotopic (exact) mass is 296 g/mol. The summed E-state index contributed by atoms with van der Waals surface area (Å²) >= 11 is 11.8. The van der Waals surface area contributed by atoms with Crippen LogP contribution in [0.2, 0.25) is 10.0 Å². The minimum atomic E-state index is -1.05. The number of carboxylic acid groups (broad SMARTS) is 1. The van der Waals surface area contributed by atoms with Crippen molar-refractivity contribution >= 4 is 40.2 Å². The maximum Gasteiger partial charge on any atom is 0.338 e. The number of carboxylic acids is 1. The van der Waals surface area contributed by atoms with E-state index in [1.165, 1.54) is 17.1 Å². The van der Waals surface area contributed by atoms with E-state index in [4.69, 9.17) is 28.3 Å². The van der Waals surface area contributed by atoms with Crippen molar-refractivity contribution in [3.8, 4) is 5.95 Å². The predicted octanol–water partition coefficient (Wildman–Crippen LogP) is 2.75. The van der Waals surface area contributed by atoms with E-state index in [1.807, 2.05) is 0 Å². The maximum atomic E-state index is 10.8. The van der Waals surface area contributed by atoms with Gasteiger partial charge in [0.15, 0.2) is 0 Å². The number of nitrogens with one attached hydrogen (secondary N) is 1. The van der Waals surface area contributed by atoms with Crippen molar-refractivity contribution in [1.29, 1.82) is 0 Å². The molecule has 0 amide bonds. The molecule has 0 bridgehead atoms. The fourth-order valence-electron chi connectivity index (χ4n) is 1.65. The Bertz CT molecular complexity index is 754. The molecule has 2 heterocycles. The minimum Gasteiger partial charge on any atom is -0.478 e. The van der Waals surface area contributed by atoms with E-state index in [0.29, 0.717) is 27.0 Å². The number of aromatic carboxylic acids is 1. The van der Waals surface area contributed by atoms with E-state index < -0.39 is 5.97 Å². The van der Waals surface area contributed by atoms with Crippen molar-refractivity contribution in [2.75, 3.05) is 0 Å². The van der Waals surface area contributed by atoms with Crippen molar-refractivity contribution in [2.45, 2.75) is 0 Å². The van der Waals surface area contributed by atoms with Gasteiger partial charge in [-0.3, -0.25) is 0 Å². The molecule has 0 aliphatic heterocycles. The molecule has 6 nitrogen and oxygen atoms in total. The molecule has 0 spiro atoms. The Morgan fingerprint density at radius 1 is 1.32 bits per heavy atom. The van der Waals surface area contributed by atoms with Crippen LogP contribution >= 0.6 is 23.2 Å². The lowest BCUT2D eigenvalue weighted by Crippen LogP contribution is -1.97. The van der Waals surface area contributed by atoms with Crippen LogP contribution in [0.5, 0.6) is 0 Å². The molecular weight excluding hydrogens is 291 g/mol. The Labute approximate surface area is 116 Å². The number of fused-ring (bicyclic) bond motifs is 1. The predicted molar refractivity (Wildman–Crippen MR) is 70.2 cm³/mol. The molecule has 3 aromatic rings. The van der Waals surface area contributed by atoms with Gasteiger partial charge >= 0.3 is 5.97 Å². The molecule has 0 aliphatic carbocycles. The first-order valence-corrected chi connectivity index (χ1v) is 5.93. The summed E-state index contributed by atoms with van der Waals surface area (Å²) < 4.78 is 1.34. The Hall–Kier alpha value is -2.05. The van der Waals surface area contributed by atoms with E-state index in [1.54, 1.807) is 12.1 Å². The summed E-state index contributed by atoms with van der Waals surface area (Å²) in [4.78, 5) is 18.0. The summed E-state index contributed by atoms with van der Waals surface area (Å²) in [5, 5.41) is 13.6. The van der Waals surface area contributed by atoms with Crippen LogP contribution in [-0.4, -0.2) is 30.8 Å². The van der Waals surface area contributed by atoms with Crippen LogP contribution in [0.1, 0.15) is 10.4 Å². The highest BCUT2D eigenvalue weighted by atomic mass is 35.5. The standard InChI is InChI=1S/C11H6Cl2N4O2/c12-6-1-8-9(2-7(6)13)16-11(15-8)17-4-5(3-14-17)10(18)19/h1-4H,(H,15,16)(H,18,19). The molecule has 0 radical (unpaired) electrons. The first-order chi connectivity index (χ1) is 9.04. The van der Waals surface area contributed by atoms with Crippen molar-refractivity contribution < 1.29 is 9.90 Å². The largest absolute Gasteiger partial charge is 0.478 e. The summed E-state index contributed by atoms with van der Waals surface area (Å²) in [6, 6.07) is 3.28. The van der Waals surface area contributed by atoms with Gasteiger partial charge in [0.05, 0.1) is 32.8 Å². The highest BCUT2D eigenvalue weighted by molar-refractivity contribution is 6.42. The zero-order chi connectivity index (χ0) is 13.6.